The Morgan fingerprint density at radius 1 is 1.50 bits per heavy atom. The largest absolute Gasteiger partial charge is 0.367 e. The predicted molar refractivity (Wildman–Crippen MR) is 57.3 cm³/mol. The van der Waals surface area contributed by atoms with E-state index in [1.165, 1.54) is 0 Å². The number of Topliss-reactive ketones (excluding diaryl/α,β-unsaturated/α-hetero) is 1. The molecule has 1 saturated carbocycles. The molecule has 0 bridgehead atoms. The van der Waals surface area contributed by atoms with Gasteiger partial charge in [-0.3, -0.25) is 4.79 Å². The second kappa shape index (κ2) is 4.92. The van der Waals surface area contributed by atoms with Gasteiger partial charge in [-0.05, 0) is 31.6 Å². The Morgan fingerprint density at radius 2 is 2.21 bits per heavy atom. The first kappa shape index (κ1) is 11.7. The van der Waals surface area contributed by atoms with E-state index in [4.69, 9.17) is 4.74 Å². The monoisotopic (exact) mass is 198 g/mol. The molecule has 1 rings (SSSR count). The number of rotatable bonds is 5. The molecule has 0 aromatic heterocycles. The highest BCUT2D eigenvalue weighted by atomic mass is 16.5. The Hall–Kier alpha value is -0.370. The van der Waals surface area contributed by atoms with Crippen LogP contribution in [0.1, 0.15) is 52.9 Å². The normalized spacial score (nSPS) is 32.1. The van der Waals surface area contributed by atoms with Gasteiger partial charge in [-0.25, -0.2) is 0 Å². The fraction of sp³-hybridized carbons (Fsp3) is 0.917. The molecule has 0 heterocycles. The number of hydrogen-bond donors (Lipinski definition) is 0. The molecule has 2 nitrogen and oxygen atoms in total. The quantitative estimate of drug-likeness (QED) is 0.679. The minimum atomic E-state index is -0.413. The smallest absolute Gasteiger partial charge is 0.164 e. The lowest BCUT2D eigenvalue weighted by Crippen LogP contribution is -2.39. The van der Waals surface area contributed by atoms with Crippen LogP contribution in [0.25, 0.3) is 0 Å². The molecule has 14 heavy (non-hydrogen) atoms. The van der Waals surface area contributed by atoms with Crippen molar-refractivity contribution in [2.75, 3.05) is 6.61 Å². The van der Waals surface area contributed by atoms with Crippen LogP contribution in [0.15, 0.2) is 0 Å². The third kappa shape index (κ3) is 2.35. The van der Waals surface area contributed by atoms with Crippen molar-refractivity contribution in [2.45, 2.75) is 58.5 Å². The standard InChI is InChI=1S/C12H22O2/c1-4-8-14-12(11(13)5-2)7-6-10(3)9-12/h10H,4-9H2,1-3H3. The van der Waals surface area contributed by atoms with Gasteiger partial charge in [0.1, 0.15) is 5.60 Å². The SMILES string of the molecule is CCCOC1(C(=O)CC)CCC(C)C1. The number of ether oxygens (including phenoxy) is 1. The van der Waals surface area contributed by atoms with E-state index < -0.39 is 5.60 Å². The summed E-state index contributed by atoms with van der Waals surface area (Å²) in [4.78, 5) is 11.9. The minimum absolute atomic E-state index is 0.301. The van der Waals surface area contributed by atoms with Gasteiger partial charge in [-0.2, -0.15) is 0 Å². The predicted octanol–water partition coefficient (Wildman–Crippen LogP) is 2.95. The first-order chi connectivity index (χ1) is 6.64. The van der Waals surface area contributed by atoms with Gasteiger partial charge in [0.25, 0.3) is 0 Å². The first-order valence-corrected chi connectivity index (χ1v) is 5.82. The molecule has 2 unspecified atom stereocenters. The summed E-state index contributed by atoms with van der Waals surface area (Å²) < 4.78 is 5.81. The van der Waals surface area contributed by atoms with Crippen molar-refractivity contribution in [1.29, 1.82) is 0 Å². The molecule has 2 atom stereocenters. The van der Waals surface area contributed by atoms with Crippen molar-refractivity contribution in [2.24, 2.45) is 5.92 Å². The van der Waals surface area contributed by atoms with Gasteiger partial charge >= 0.3 is 0 Å². The summed E-state index contributed by atoms with van der Waals surface area (Å²) in [5.74, 6) is 0.942. The zero-order chi connectivity index (χ0) is 10.6. The van der Waals surface area contributed by atoms with Gasteiger partial charge in [0.15, 0.2) is 5.78 Å². The average Bonchev–Trinajstić information content (AvgIpc) is 2.57. The van der Waals surface area contributed by atoms with E-state index in [0.29, 0.717) is 18.1 Å². The zero-order valence-corrected chi connectivity index (χ0v) is 9.64. The Bertz CT molecular complexity index is 200. The molecule has 0 spiro atoms. The maximum absolute atomic E-state index is 11.9. The van der Waals surface area contributed by atoms with Crippen LogP contribution in [-0.2, 0) is 9.53 Å². The molecule has 1 aliphatic rings. The number of carbonyl (C=O) groups excluding carboxylic acids is 1. The van der Waals surface area contributed by atoms with E-state index >= 15 is 0 Å². The second-order valence-corrected chi connectivity index (χ2v) is 4.47. The van der Waals surface area contributed by atoms with Crippen molar-refractivity contribution in [1.82, 2.24) is 0 Å². The van der Waals surface area contributed by atoms with Gasteiger partial charge in [0, 0.05) is 13.0 Å². The lowest BCUT2D eigenvalue weighted by molar-refractivity contribution is -0.144. The van der Waals surface area contributed by atoms with Crippen LogP contribution < -0.4 is 0 Å². The summed E-state index contributed by atoms with van der Waals surface area (Å²) in [5, 5.41) is 0. The first-order valence-electron chi connectivity index (χ1n) is 5.82. The Labute approximate surface area is 87.0 Å². The molecule has 2 heteroatoms. The highest BCUT2D eigenvalue weighted by Gasteiger charge is 2.43. The van der Waals surface area contributed by atoms with Crippen molar-refractivity contribution in [3.05, 3.63) is 0 Å². The summed E-state index contributed by atoms with van der Waals surface area (Å²) in [6, 6.07) is 0. The van der Waals surface area contributed by atoms with Crippen LogP contribution in [-0.4, -0.2) is 18.0 Å². The molecule has 0 aromatic carbocycles. The van der Waals surface area contributed by atoms with Crippen molar-refractivity contribution >= 4 is 5.78 Å². The van der Waals surface area contributed by atoms with E-state index in [0.717, 1.165) is 32.3 Å². The summed E-state index contributed by atoms with van der Waals surface area (Å²) in [5.41, 5.74) is -0.413. The topological polar surface area (TPSA) is 26.3 Å². The van der Waals surface area contributed by atoms with Gasteiger partial charge in [0.2, 0.25) is 0 Å². The molecular formula is C12H22O2. The van der Waals surface area contributed by atoms with E-state index in [1.807, 2.05) is 6.92 Å². The van der Waals surface area contributed by atoms with Crippen LogP contribution in [0.3, 0.4) is 0 Å². The van der Waals surface area contributed by atoms with Crippen LogP contribution >= 0.6 is 0 Å². The third-order valence-corrected chi connectivity index (χ3v) is 3.13. The van der Waals surface area contributed by atoms with Crippen LogP contribution in [0.4, 0.5) is 0 Å². The fourth-order valence-electron chi connectivity index (χ4n) is 2.33. The van der Waals surface area contributed by atoms with Crippen molar-refractivity contribution < 1.29 is 9.53 Å². The number of carbonyl (C=O) groups is 1. The van der Waals surface area contributed by atoms with Crippen LogP contribution in [0.2, 0.25) is 0 Å². The van der Waals surface area contributed by atoms with Crippen LogP contribution in [0, 0.1) is 5.92 Å². The summed E-state index contributed by atoms with van der Waals surface area (Å²) in [7, 11) is 0. The van der Waals surface area contributed by atoms with Gasteiger partial charge in [0.05, 0.1) is 0 Å². The number of ketones is 1. The summed E-state index contributed by atoms with van der Waals surface area (Å²) >= 11 is 0. The summed E-state index contributed by atoms with van der Waals surface area (Å²) in [6.07, 6.45) is 4.60. The fourth-order valence-corrected chi connectivity index (χ4v) is 2.33. The van der Waals surface area contributed by atoms with E-state index in [9.17, 15) is 4.79 Å². The van der Waals surface area contributed by atoms with E-state index in [2.05, 4.69) is 13.8 Å². The van der Waals surface area contributed by atoms with Gasteiger partial charge in [-0.15, -0.1) is 0 Å². The van der Waals surface area contributed by atoms with Crippen LogP contribution in [0.5, 0.6) is 0 Å². The lowest BCUT2D eigenvalue weighted by Gasteiger charge is -2.27. The van der Waals surface area contributed by atoms with Crippen molar-refractivity contribution in [3.8, 4) is 0 Å². The Balaban J connectivity index is 2.65. The maximum atomic E-state index is 11.9. The average molecular weight is 198 g/mol. The molecular weight excluding hydrogens is 176 g/mol. The molecule has 82 valence electrons. The molecule has 1 fully saturated rings. The molecule has 0 aliphatic heterocycles. The van der Waals surface area contributed by atoms with Crippen molar-refractivity contribution in [3.63, 3.8) is 0 Å². The highest BCUT2D eigenvalue weighted by molar-refractivity contribution is 5.87. The van der Waals surface area contributed by atoms with E-state index in [1.54, 1.807) is 0 Å². The molecule has 0 amide bonds. The highest BCUT2D eigenvalue weighted by Crippen LogP contribution is 2.38. The molecule has 0 radical (unpaired) electrons. The third-order valence-electron chi connectivity index (χ3n) is 3.13. The maximum Gasteiger partial charge on any atom is 0.164 e. The lowest BCUT2D eigenvalue weighted by atomic mass is 9.93. The number of hydrogen-bond acceptors (Lipinski definition) is 2. The Morgan fingerprint density at radius 3 is 2.64 bits per heavy atom. The van der Waals surface area contributed by atoms with Gasteiger partial charge in [-0.1, -0.05) is 20.8 Å². The van der Waals surface area contributed by atoms with E-state index in [-0.39, 0.29) is 0 Å². The van der Waals surface area contributed by atoms with Gasteiger partial charge < -0.3 is 4.74 Å². The second-order valence-electron chi connectivity index (χ2n) is 4.47. The molecule has 0 N–H and O–H groups in total. The summed E-state index contributed by atoms with van der Waals surface area (Å²) in [6.45, 7) is 6.95. The Kier molecular flexibility index (Phi) is 4.11. The minimum Gasteiger partial charge on any atom is -0.367 e. The molecule has 0 saturated heterocycles. The molecule has 0 aromatic rings. The molecule has 1 aliphatic carbocycles. The zero-order valence-electron chi connectivity index (χ0n) is 9.64.